The number of halogens is 1. The standard InChI is InChI=1S/C20H24FN5O2/c1-20(2,3)18-5-4-12(9-22-18)15-8-13(21)16-10-23-19(25-26(15)16)24-14-6-7-28-11-17(14)27/h4-5,8-10,14,17,27H,6-7,11H2,1-3H3,(H,24,25)/t14-,17-/m1/s1. The number of hydrogen-bond acceptors (Lipinski definition) is 6. The van der Waals surface area contributed by atoms with Crippen molar-refractivity contribution in [3.63, 3.8) is 0 Å². The van der Waals surface area contributed by atoms with Gasteiger partial charge in [0.25, 0.3) is 0 Å². The molecule has 0 aliphatic carbocycles. The summed E-state index contributed by atoms with van der Waals surface area (Å²) < 4.78 is 21.2. The first kappa shape index (κ1) is 18.8. The molecule has 148 valence electrons. The molecule has 0 bridgehead atoms. The molecule has 1 aliphatic heterocycles. The van der Waals surface area contributed by atoms with Gasteiger partial charge in [0.15, 0.2) is 5.82 Å². The molecule has 3 aromatic heterocycles. The predicted molar refractivity (Wildman–Crippen MR) is 104 cm³/mol. The molecule has 2 N–H and O–H groups in total. The van der Waals surface area contributed by atoms with Gasteiger partial charge in [-0.1, -0.05) is 20.8 Å². The van der Waals surface area contributed by atoms with Crippen molar-refractivity contribution in [2.45, 2.75) is 44.8 Å². The van der Waals surface area contributed by atoms with Crippen molar-refractivity contribution in [2.24, 2.45) is 0 Å². The average Bonchev–Trinajstić information content (AvgIpc) is 2.99. The lowest BCUT2D eigenvalue weighted by molar-refractivity contribution is -0.0136. The summed E-state index contributed by atoms with van der Waals surface area (Å²) in [6.07, 6.45) is 3.19. The number of anilines is 1. The Morgan fingerprint density at radius 3 is 2.75 bits per heavy atom. The van der Waals surface area contributed by atoms with E-state index < -0.39 is 11.9 Å². The van der Waals surface area contributed by atoms with Crippen molar-refractivity contribution in [3.05, 3.63) is 42.1 Å². The van der Waals surface area contributed by atoms with Gasteiger partial charge in [-0.25, -0.2) is 13.9 Å². The van der Waals surface area contributed by atoms with Gasteiger partial charge in [-0.05, 0) is 18.6 Å². The molecule has 3 aromatic rings. The van der Waals surface area contributed by atoms with Crippen molar-refractivity contribution >= 4 is 11.5 Å². The molecular weight excluding hydrogens is 361 g/mol. The number of hydrogen-bond donors (Lipinski definition) is 2. The van der Waals surface area contributed by atoms with Crippen molar-refractivity contribution in [1.29, 1.82) is 0 Å². The third-order valence-corrected chi connectivity index (χ3v) is 4.94. The zero-order valence-corrected chi connectivity index (χ0v) is 16.2. The van der Waals surface area contributed by atoms with Crippen LogP contribution in [0.3, 0.4) is 0 Å². The molecule has 2 atom stereocenters. The minimum atomic E-state index is -0.636. The van der Waals surface area contributed by atoms with E-state index in [4.69, 9.17) is 4.74 Å². The highest BCUT2D eigenvalue weighted by molar-refractivity contribution is 5.66. The molecule has 0 amide bonds. The van der Waals surface area contributed by atoms with Gasteiger partial charge >= 0.3 is 0 Å². The van der Waals surface area contributed by atoms with Gasteiger partial charge in [-0.2, -0.15) is 0 Å². The van der Waals surface area contributed by atoms with Crippen LogP contribution >= 0.6 is 0 Å². The SMILES string of the molecule is CC(C)(C)c1ccc(-c2cc(F)c3cnc(N[C@@H]4CCOC[C@H]4O)nn23)cn1. The maximum atomic E-state index is 14.4. The van der Waals surface area contributed by atoms with Crippen molar-refractivity contribution in [3.8, 4) is 11.3 Å². The topological polar surface area (TPSA) is 84.6 Å². The monoisotopic (exact) mass is 385 g/mol. The number of rotatable bonds is 3. The van der Waals surface area contributed by atoms with Crippen LogP contribution in [0, 0.1) is 5.82 Å². The lowest BCUT2D eigenvalue weighted by Gasteiger charge is -2.28. The quantitative estimate of drug-likeness (QED) is 0.721. The van der Waals surface area contributed by atoms with Crippen LogP contribution in [0.15, 0.2) is 30.6 Å². The van der Waals surface area contributed by atoms with E-state index in [9.17, 15) is 9.50 Å². The number of aliphatic hydroxyl groups is 1. The summed E-state index contributed by atoms with van der Waals surface area (Å²) in [5.74, 6) is -0.0675. The van der Waals surface area contributed by atoms with Crippen LogP contribution < -0.4 is 5.32 Å². The van der Waals surface area contributed by atoms with Crippen molar-refractivity contribution < 1.29 is 14.2 Å². The molecule has 1 fully saturated rings. The average molecular weight is 385 g/mol. The van der Waals surface area contributed by atoms with Gasteiger partial charge in [0.1, 0.15) is 5.52 Å². The van der Waals surface area contributed by atoms with E-state index in [2.05, 4.69) is 41.2 Å². The lowest BCUT2D eigenvalue weighted by atomic mass is 9.91. The highest BCUT2D eigenvalue weighted by Gasteiger charge is 2.25. The molecule has 0 unspecified atom stereocenters. The first-order valence-electron chi connectivity index (χ1n) is 9.36. The van der Waals surface area contributed by atoms with E-state index in [1.807, 2.05) is 12.1 Å². The normalized spacial score (nSPS) is 20.5. The Morgan fingerprint density at radius 1 is 1.25 bits per heavy atom. The van der Waals surface area contributed by atoms with Crippen molar-refractivity contribution in [2.75, 3.05) is 18.5 Å². The maximum absolute atomic E-state index is 14.4. The Morgan fingerprint density at radius 2 is 2.07 bits per heavy atom. The fourth-order valence-electron chi connectivity index (χ4n) is 3.27. The van der Waals surface area contributed by atoms with E-state index in [-0.39, 0.29) is 23.6 Å². The maximum Gasteiger partial charge on any atom is 0.241 e. The summed E-state index contributed by atoms with van der Waals surface area (Å²) >= 11 is 0. The Kier molecular flexibility index (Phi) is 4.76. The van der Waals surface area contributed by atoms with Gasteiger partial charge in [0, 0.05) is 35.5 Å². The molecular formula is C20H24FN5O2. The van der Waals surface area contributed by atoms with Crippen LogP contribution in [-0.2, 0) is 10.2 Å². The number of nitrogens with one attached hydrogen (secondary N) is 1. The summed E-state index contributed by atoms with van der Waals surface area (Å²) in [6, 6.07) is 5.10. The van der Waals surface area contributed by atoms with E-state index in [1.54, 1.807) is 6.20 Å². The molecule has 0 radical (unpaired) electrons. The van der Waals surface area contributed by atoms with Crippen LogP contribution in [0.2, 0.25) is 0 Å². The zero-order valence-electron chi connectivity index (χ0n) is 16.2. The van der Waals surface area contributed by atoms with Crippen LogP contribution in [0.25, 0.3) is 16.8 Å². The second-order valence-electron chi connectivity index (χ2n) is 8.12. The Bertz CT molecular complexity index is 981. The molecule has 4 rings (SSSR count). The first-order valence-corrected chi connectivity index (χ1v) is 9.36. The number of pyridine rings is 1. The Balaban J connectivity index is 1.69. The van der Waals surface area contributed by atoms with Gasteiger partial charge in [-0.15, -0.1) is 5.10 Å². The summed E-state index contributed by atoms with van der Waals surface area (Å²) in [5, 5.41) is 17.6. The number of nitrogens with zero attached hydrogens (tertiary/aromatic N) is 4. The molecule has 0 spiro atoms. The van der Waals surface area contributed by atoms with E-state index in [0.717, 1.165) is 11.3 Å². The Labute approximate surface area is 162 Å². The highest BCUT2D eigenvalue weighted by Crippen LogP contribution is 2.27. The zero-order chi connectivity index (χ0) is 19.9. The number of fused-ring (bicyclic) bond motifs is 1. The molecule has 1 saturated heterocycles. The smallest absolute Gasteiger partial charge is 0.241 e. The molecule has 4 heterocycles. The fourth-order valence-corrected chi connectivity index (χ4v) is 3.27. The van der Waals surface area contributed by atoms with E-state index >= 15 is 0 Å². The minimum Gasteiger partial charge on any atom is -0.389 e. The molecule has 28 heavy (non-hydrogen) atoms. The van der Waals surface area contributed by atoms with Gasteiger partial charge in [-0.3, -0.25) is 4.98 Å². The fraction of sp³-hybridized carbons (Fsp3) is 0.450. The molecule has 1 aliphatic rings. The second-order valence-corrected chi connectivity index (χ2v) is 8.12. The van der Waals surface area contributed by atoms with E-state index in [0.29, 0.717) is 24.7 Å². The summed E-state index contributed by atoms with van der Waals surface area (Å²) in [5.41, 5.74) is 2.55. The van der Waals surface area contributed by atoms with Gasteiger partial charge in [0.2, 0.25) is 5.95 Å². The predicted octanol–water partition coefficient (Wildman–Crippen LogP) is 2.79. The lowest BCUT2D eigenvalue weighted by Crippen LogP contribution is -2.42. The molecule has 8 heteroatoms. The third kappa shape index (κ3) is 3.57. The molecule has 0 saturated carbocycles. The second kappa shape index (κ2) is 7.10. The highest BCUT2D eigenvalue weighted by atomic mass is 19.1. The van der Waals surface area contributed by atoms with Crippen LogP contribution in [0.5, 0.6) is 0 Å². The van der Waals surface area contributed by atoms with Crippen LogP contribution in [0.1, 0.15) is 32.9 Å². The number of aromatic nitrogens is 4. The number of aliphatic hydroxyl groups excluding tert-OH is 1. The minimum absolute atomic E-state index is 0.0607. The third-order valence-electron chi connectivity index (χ3n) is 4.94. The summed E-state index contributed by atoms with van der Waals surface area (Å²) in [7, 11) is 0. The van der Waals surface area contributed by atoms with Gasteiger partial charge < -0.3 is 15.2 Å². The first-order chi connectivity index (χ1) is 13.3. The molecule has 7 nitrogen and oxygen atoms in total. The summed E-state index contributed by atoms with van der Waals surface area (Å²) in [4.78, 5) is 8.73. The summed E-state index contributed by atoms with van der Waals surface area (Å²) in [6.45, 7) is 7.12. The van der Waals surface area contributed by atoms with E-state index in [1.165, 1.54) is 16.8 Å². The van der Waals surface area contributed by atoms with Crippen molar-refractivity contribution in [1.82, 2.24) is 19.6 Å². The largest absolute Gasteiger partial charge is 0.389 e. The van der Waals surface area contributed by atoms with Crippen LogP contribution in [-0.4, -0.2) is 50.0 Å². The van der Waals surface area contributed by atoms with Crippen LogP contribution in [0.4, 0.5) is 10.3 Å². The Hall–Kier alpha value is -2.58. The van der Waals surface area contributed by atoms with Gasteiger partial charge in [0.05, 0.1) is 30.6 Å². The number of ether oxygens (including phenoxy) is 1. The molecule has 0 aromatic carbocycles.